The van der Waals surface area contributed by atoms with Crippen molar-refractivity contribution < 1.29 is 13.9 Å². The minimum absolute atomic E-state index is 0.315. The number of hydrogen-bond acceptors (Lipinski definition) is 2. The Kier molecular flexibility index (Phi) is 4.43. The lowest BCUT2D eigenvalue weighted by molar-refractivity contribution is 0.171. The molecule has 110 valence electrons. The zero-order chi connectivity index (χ0) is 15.0. The lowest BCUT2D eigenvalue weighted by atomic mass is 10.0. The summed E-state index contributed by atoms with van der Waals surface area (Å²) in [4.78, 5) is -0.377. The van der Waals surface area contributed by atoms with Crippen molar-refractivity contribution in [2.24, 2.45) is 0 Å². The van der Waals surface area contributed by atoms with Gasteiger partial charge in [-0.05, 0) is 33.6 Å². The predicted octanol–water partition coefficient (Wildman–Crippen LogP) is 5.50. The molecule has 1 unspecified atom stereocenters. The highest BCUT2D eigenvalue weighted by Gasteiger charge is 2.22. The fourth-order valence-corrected chi connectivity index (χ4v) is 3.67. The third-order valence-electron chi connectivity index (χ3n) is 3.19. The molecule has 0 N–H and O–H groups in total. The molecule has 2 aromatic carbocycles. The molecule has 3 rings (SSSR count). The van der Waals surface area contributed by atoms with E-state index < -0.39 is 0 Å². The number of ether oxygens (including phenoxy) is 2. The Hall–Kier alpha value is -0.780. The van der Waals surface area contributed by atoms with E-state index in [0.29, 0.717) is 39.8 Å². The molecule has 2 nitrogen and oxygen atoms in total. The molecule has 0 spiro atoms. The SMILES string of the molecule is Fc1c(Br)cccc1C(Br)c1cc2c(cc1Cl)OCCO2. The van der Waals surface area contributed by atoms with E-state index in [-0.39, 0.29) is 10.6 Å². The van der Waals surface area contributed by atoms with Crippen molar-refractivity contribution >= 4 is 43.5 Å². The van der Waals surface area contributed by atoms with Crippen molar-refractivity contribution in [1.82, 2.24) is 0 Å². The summed E-state index contributed by atoms with van der Waals surface area (Å²) in [6.07, 6.45) is 0. The molecule has 1 aliphatic heterocycles. The maximum absolute atomic E-state index is 14.2. The summed E-state index contributed by atoms with van der Waals surface area (Å²) < 4.78 is 25.7. The Morgan fingerprint density at radius 2 is 1.76 bits per heavy atom. The molecule has 0 saturated heterocycles. The predicted molar refractivity (Wildman–Crippen MR) is 87.3 cm³/mol. The Morgan fingerprint density at radius 1 is 1.10 bits per heavy atom. The average Bonchev–Trinajstić information content (AvgIpc) is 2.48. The minimum Gasteiger partial charge on any atom is -0.486 e. The molecule has 1 atom stereocenters. The van der Waals surface area contributed by atoms with Crippen molar-refractivity contribution in [2.75, 3.05) is 13.2 Å². The Bertz CT molecular complexity index is 694. The van der Waals surface area contributed by atoms with Crippen LogP contribution in [0.1, 0.15) is 16.0 Å². The molecular formula is C15H10Br2ClFO2. The van der Waals surface area contributed by atoms with Gasteiger partial charge in [-0.2, -0.15) is 0 Å². The molecule has 0 radical (unpaired) electrons. The van der Waals surface area contributed by atoms with Crippen molar-refractivity contribution in [3.05, 3.63) is 56.8 Å². The van der Waals surface area contributed by atoms with E-state index in [1.54, 1.807) is 30.3 Å². The van der Waals surface area contributed by atoms with Crippen molar-refractivity contribution in [1.29, 1.82) is 0 Å². The molecule has 0 aromatic heterocycles. The first-order valence-corrected chi connectivity index (χ1v) is 8.33. The van der Waals surface area contributed by atoms with Crippen LogP contribution in [0.4, 0.5) is 4.39 Å². The van der Waals surface area contributed by atoms with Gasteiger partial charge in [-0.15, -0.1) is 0 Å². The van der Waals surface area contributed by atoms with Crippen molar-refractivity contribution in [3.8, 4) is 11.5 Å². The van der Waals surface area contributed by atoms with Gasteiger partial charge in [0.15, 0.2) is 11.5 Å². The second kappa shape index (κ2) is 6.15. The van der Waals surface area contributed by atoms with Gasteiger partial charge in [0, 0.05) is 16.7 Å². The van der Waals surface area contributed by atoms with Crippen LogP contribution in [0.5, 0.6) is 11.5 Å². The molecule has 6 heteroatoms. The Labute approximate surface area is 143 Å². The third-order valence-corrected chi connectivity index (χ3v) is 5.12. The zero-order valence-electron chi connectivity index (χ0n) is 10.7. The molecular weight excluding hydrogens is 426 g/mol. The van der Waals surface area contributed by atoms with Gasteiger partial charge in [0.1, 0.15) is 19.0 Å². The van der Waals surface area contributed by atoms with E-state index >= 15 is 0 Å². The zero-order valence-corrected chi connectivity index (χ0v) is 14.6. The van der Waals surface area contributed by atoms with Gasteiger partial charge in [0.2, 0.25) is 0 Å². The summed E-state index contributed by atoms with van der Waals surface area (Å²) in [5.41, 5.74) is 1.24. The van der Waals surface area contributed by atoms with Crippen molar-refractivity contribution in [2.45, 2.75) is 4.83 Å². The molecule has 0 aliphatic carbocycles. The van der Waals surface area contributed by atoms with Crippen LogP contribution < -0.4 is 9.47 Å². The number of benzene rings is 2. The van der Waals surface area contributed by atoms with Gasteiger partial charge in [0.25, 0.3) is 0 Å². The lowest BCUT2D eigenvalue weighted by Crippen LogP contribution is -2.15. The second-order valence-electron chi connectivity index (χ2n) is 4.52. The van der Waals surface area contributed by atoms with E-state index in [4.69, 9.17) is 21.1 Å². The van der Waals surface area contributed by atoms with E-state index in [1.165, 1.54) is 0 Å². The summed E-state index contributed by atoms with van der Waals surface area (Å²) in [5, 5.41) is 0.500. The molecule has 2 aromatic rings. The highest BCUT2D eigenvalue weighted by Crippen LogP contribution is 2.43. The minimum atomic E-state index is -0.377. The van der Waals surface area contributed by atoms with Gasteiger partial charge in [-0.1, -0.05) is 39.7 Å². The van der Waals surface area contributed by atoms with Crippen LogP contribution in [0.25, 0.3) is 0 Å². The maximum atomic E-state index is 14.2. The van der Waals surface area contributed by atoms with Crippen LogP contribution in [-0.4, -0.2) is 13.2 Å². The Balaban J connectivity index is 2.05. The van der Waals surface area contributed by atoms with Gasteiger partial charge in [-0.3, -0.25) is 0 Å². The topological polar surface area (TPSA) is 18.5 Å². The van der Waals surface area contributed by atoms with E-state index in [1.807, 2.05) is 0 Å². The molecule has 0 fully saturated rings. The van der Waals surface area contributed by atoms with Crippen LogP contribution in [-0.2, 0) is 0 Å². The van der Waals surface area contributed by atoms with Crippen LogP contribution in [0.15, 0.2) is 34.8 Å². The summed E-state index contributed by atoms with van der Waals surface area (Å²) in [6.45, 7) is 0.993. The summed E-state index contributed by atoms with van der Waals surface area (Å²) >= 11 is 13.0. The highest BCUT2D eigenvalue weighted by molar-refractivity contribution is 9.10. The quantitative estimate of drug-likeness (QED) is 0.579. The highest BCUT2D eigenvalue weighted by atomic mass is 79.9. The summed E-state index contributed by atoms with van der Waals surface area (Å²) in [7, 11) is 0. The van der Waals surface area contributed by atoms with Gasteiger partial charge < -0.3 is 9.47 Å². The fraction of sp³-hybridized carbons (Fsp3) is 0.200. The van der Waals surface area contributed by atoms with Gasteiger partial charge in [-0.25, -0.2) is 4.39 Å². The number of rotatable bonds is 2. The first-order valence-electron chi connectivity index (χ1n) is 6.25. The number of fused-ring (bicyclic) bond motifs is 1. The van der Waals surface area contributed by atoms with E-state index in [9.17, 15) is 4.39 Å². The Morgan fingerprint density at radius 3 is 2.48 bits per heavy atom. The van der Waals surface area contributed by atoms with Gasteiger partial charge >= 0.3 is 0 Å². The number of hydrogen-bond donors (Lipinski definition) is 0. The number of alkyl halides is 1. The van der Waals surface area contributed by atoms with Crippen LogP contribution >= 0.6 is 43.5 Å². The van der Waals surface area contributed by atoms with E-state index in [2.05, 4.69) is 31.9 Å². The van der Waals surface area contributed by atoms with Crippen LogP contribution in [0, 0.1) is 5.82 Å². The lowest BCUT2D eigenvalue weighted by Gasteiger charge is -2.21. The average molecular weight is 437 g/mol. The van der Waals surface area contributed by atoms with Crippen LogP contribution in [0.2, 0.25) is 5.02 Å². The summed E-state index contributed by atoms with van der Waals surface area (Å²) in [6, 6.07) is 8.64. The molecule has 0 bridgehead atoms. The standard InChI is InChI=1S/C15H10Br2ClFO2/c16-10-3-1-2-8(15(10)19)14(17)9-6-12-13(7-11(9)18)21-5-4-20-12/h1-3,6-7,14H,4-5H2. The largest absolute Gasteiger partial charge is 0.486 e. The van der Waals surface area contributed by atoms with E-state index in [0.717, 1.165) is 5.56 Å². The van der Waals surface area contributed by atoms with Crippen LogP contribution in [0.3, 0.4) is 0 Å². The maximum Gasteiger partial charge on any atom is 0.162 e. The molecule has 0 saturated carbocycles. The first-order chi connectivity index (χ1) is 10.1. The second-order valence-corrected chi connectivity index (χ2v) is 6.70. The third kappa shape index (κ3) is 2.91. The smallest absolute Gasteiger partial charge is 0.162 e. The van der Waals surface area contributed by atoms with Crippen molar-refractivity contribution in [3.63, 3.8) is 0 Å². The fourth-order valence-electron chi connectivity index (χ4n) is 2.16. The monoisotopic (exact) mass is 434 g/mol. The summed E-state index contributed by atoms with van der Waals surface area (Å²) in [5.74, 6) is 0.926. The normalized spacial score (nSPS) is 14.9. The molecule has 1 heterocycles. The van der Waals surface area contributed by atoms with Gasteiger partial charge in [0.05, 0.1) is 9.30 Å². The molecule has 21 heavy (non-hydrogen) atoms. The first kappa shape index (κ1) is 15.1. The number of halogens is 4. The molecule has 0 amide bonds. The molecule has 1 aliphatic rings.